The van der Waals surface area contributed by atoms with Crippen LogP contribution in [0.5, 0.6) is 11.5 Å². The van der Waals surface area contributed by atoms with Crippen LogP contribution in [-0.2, 0) is 35.0 Å². The zero-order chi connectivity index (χ0) is 28.8. The van der Waals surface area contributed by atoms with Crippen molar-refractivity contribution in [3.8, 4) is 11.5 Å². The van der Waals surface area contributed by atoms with E-state index in [1.165, 1.54) is 12.1 Å². The molecule has 0 bridgehead atoms. The van der Waals surface area contributed by atoms with E-state index in [1.54, 1.807) is 40.7 Å². The standard InChI is InChI=1S/C28H43NO9/c1-8-11-17(4)25(30)37-23-14-13-21(16-24(23)38-26(31)18(5)12-9-2)15-22(29)27(32)35-19(6)20(7)36-28(33)34-10-3/h13-14,16-20,22H,8-12,15,29H2,1-7H3/t17?,18?,19-,20?,22-/m0/s1. The summed E-state index contributed by atoms with van der Waals surface area (Å²) in [5.41, 5.74) is 6.65. The minimum absolute atomic E-state index is 0.0637. The van der Waals surface area contributed by atoms with Gasteiger partial charge in [-0.05, 0) is 57.7 Å². The lowest BCUT2D eigenvalue weighted by Gasteiger charge is -2.22. The fourth-order valence-corrected chi connectivity index (χ4v) is 3.47. The quantitative estimate of drug-likeness (QED) is 0.246. The molecule has 5 atom stereocenters. The summed E-state index contributed by atoms with van der Waals surface area (Å²) in [7, 11) is 0. The topological polar surface area (TPSA) is 140 Å². The summed E-state index contributed by atoms with van der Waals surface area (Å²) in [6.07, 6.45) is 0.650. The molecule has 0 amide bonds. The van der Waals surface area contributed by atoms with E-state index >= 15 is 0 Å². The minimum Gasteiger partial charge on any atom is -0.458 e. The zero-order valence-corrected chi connectivity index (χ0v) is 23.6. The molecular formula is C28H43NO9. The average Bonchev–Trinajstić information content (AvgIpc) is 2.85. The second-order valence-corrected chi connectivity index (χ2v) is 9.46. The fourth-order valence-electron chi connectivity index (χ4n) is 3.47. The zero-order valence-electron chi connectivity index (χ0n) is 23.6. The number of rotatable bonds is 15. The summed E-state index contributed by atoms with van der Waals surface area (Å²) in [5.74, 6) is -2.03. The molecule has 0 aromatic heterocycles. The molecule has 0 aliphatic carbocycles. The number of hydrogen-bond acceptors (Lipinski definition) is 10. The van der Waals surface area contributed by atoms with Crippen molar-refractivity contribution in [3.63, 3.8) is 0 Å². The first-order valence-electron chi connectivity index (χ1n) is 13.3. The number of ether oxygens (including phenoxy) is 5. The molecule has 0 fully saturated rings. The molecule has 0 radical (unpaired) electrons. The van der Waals surface area contributed by atoms with Gasteiger partial charge in [-0.3, -0.25) is 14.4 Å². The van der Waals surface area contributed by atoms with Crippen LogP contribution in [0.4, 0.5) is 4.79 Å². The van der Waals surface area contributed by atoms with Crippen molar-refractivity contribution in [1.82, 2.24) is 0 Å². The second-order valence-electron chi connectivity index (χ2n) is 9.46. The minimum atomic E-state index is -1.05. The Hall–Kier alpha value is -3.14. The van der Waals surface area contributed by atoms with Gasteiger partial charge in [-0.1, -0.05) is 46.6 Å². The van der Waals surface area contributed by atoms with Crippen LogP contribution >= 0.6 is 0 Å². The van der Waals surface area contributed by atoms with Crippen molar-refractivity contribution in [3.05, 3.63) is 23.8 Å². The molecule has 2 N–H and O–H groups in total. The second kappa shape index (κ2) is 16.7. The van der Waals surface area contributed by atoms with Crippen molar-refractivity contribution in [2.24, 2.45) is 17.6 Å². The van der Waals surface area contributed by atoms with Crippen LogP contribution in [0.2, 0.25) is 0 Å². The maximum Gasteiger partial charge on any atom is 0.508 e. The third-order valence-corrected chi connectivity index (χ3v) is 5.94. The largest absolute Gasteiger partial charge is 0.508 e. The van der Waals surface area contributed by atoms with E-state index in [4.69, 9.17) is 29.4 Å². The molecule has 1 aromatic carbocycles. The molecule has 0 saturated carbocycles. The summed E-state index contributed by atoms with van der Waals surface area (Å²) in [6, 6.07) is 3.65. The Morgan fingerprint density at radius 1 is 0.763 bits per heavy atom. The summed E-state index contributed by atoms with van der Waals surface area (Å²) >= 11 is 0. The molecule has 1 rings (SSSR count). The van der Waals surface area contributed by atoms with Crippen LogP contribution in [0.15, 0.2) is 18.2 Å². The predicted octanol–water partition coefficient (Wildman–Crippen LogP) is 4.73. The van der Waals surface area contributed by atoms with Crippen molar-refractivity contribution in [1.29, 1.82) is 0 Å². The highest BCUT2D eigenvalue weighted by Crippen LogP contribution is 2.31. The van der Waals surface area contributed by atoms with E-state index in [0.29, 0.717) is 18.4 Å². The van der Waals surface area contributed by atoms with E-state index in [2.05, 4.69) is 0 Å². The summed E-state index contributed by atoms with van der Waals surface area (Å²) in [4.78, 5) is 49.2. The van der Waals surface area contributed by atoms with Gasteiger partial charge in [-0.2, -0.15) is 0 Å². The molecule has 0 spiro atoms. The van der Waals surface area contributed by atoms with Gasteiger partial charge < -0.3 is 29.4 Å². The normalized spacial score (nSPS) is 14.8. The first-order chi connectivity index (χ1) is 17.9. The summed E-state index contributed by atoms with van der Waals surface area (Å²) < 4.78 is 26.3. The van der Waals surface area contributed by atoms with Crippen LogP contribution in [0.3, 0.4) is 0 Å². The first kappa shape index (κ1) is 32.9. The lowest BCUT2D eigenvalue weighted by molar-refractivity contribution is -0.155. The number of nitrogens with two attached hydrogens (primary N) is 1. The van der Waals surface area contributed by atoms with Crippen LogP contribution in [0.1, 0.15) is 79.7 Å². The van der Waals surface area contributed by atoms with Crippen LogP contribution in [0.25, 0.3) is 0 Å². The van der Waals surface area contributed by atoms with Crippen LogP contribution in [0, 0.1) is 11.8 Å². The Kier molecular flexibility index (Phi) is 14.4. The Bertz CT molecular complexity index is 933. The van der Waals surface area contributed by atoms with Crippen molar-refractivity contribution in [2.75, 3.05) is 6.61 Å². The maximum absolute atomic E-state index is 12.6. The molecule has 0 aliphatic rings. The number of carbonyl (C=O) groups excluding carboxylic acids is 4. The van der Waals surface area contributed by atoms with E-state index in [1.807, 2.05) is 13.8 Å². The molecule has 0 aliphatic heterocycles. The SMILES string of the molecule is CCCC(C)C(=O)Oc1ccc(C[C@H](N)C(=O)O[C@@H](C)C(C)OC(=O)OCC)cc1OC(=O)C(C)CCC. The number of carbonyl (C=O) groups is 4. The molecular weight excluding hydrogens is 494 g/mol. The predicted molar refractivity (Wildman–Crippen MR) is 141 cm³/mol. The average molecular weight is 538 g/mol. The van der Waals surface area contributed by atoms with Gasteiger partial charge in [0.15, 0.2) is 11.5 Å². The van der Waals surface area contributed by atoms with Gasteiger partial charge in [0.1, 0.15) is 18.2 Å². The van der Waals surface area contributed by atoms with Gasteiger partial charge in [0.25, 0.3) is 0 Å². The Morgan fingerprint density at radius 2 is 1.29 bits per heavy atom. The smallest absolute Gasteiger partial charge is 0.458 e. The van der Waals surface area contributed by atoms with Gasteiger partial charge in [-0.25, -0.2) is 4.79 Å². The maximum atomic E-state index is 12.6. The van der Waals surface area contributed by atoms with Gasteiger partial charge >= 0.3 is 24.1 Å². The summed E-state index contributed by atoms with van der Waals surface area (Å²) in [6.45, 7) is 12.4. The number of hydrogen-bond donors (Lipinski definition) is 1. The Balaban J connectivity index is 3.00. The van der Waals surface area contributed by atoms with Gasteiger partial charge in [0, 0.05) is 0 Å². The Morgan fingerprint density at radius 3 is 1.82 bits per heavy atom. The van der Waals surface area contributed by atoms with Gasteiger partial charge in [0.05, 0.1) is 18.4 Å². The van der Waals surface area contributed by atoms with Crippen molar-refractivity contribution in [2.45, 2.75) is 98.8 Å². The lowest BCUT2D eigenvalue weighted by Crippen LogP contribution is -2.39. The highest BCUT2D eigenvalue weighted by Gasteiger charge is 2.26. The van der Waals surface area contributed by atoms with Gasteiger partial charge in [0.2, 0.25) is 0 Å². The van der Waals surface area contributed by atoms with E-state index < -0.39 is 42.3 Å². The first-order valence-corrected chi connectivity index (χ1v) is 13.3. The molecule has 214 valence electrons. The monoisotopic (exact) mass is 537 g/mol. The Labute approximate surface area is 225 Å². The highest BCUT2D eigenvalue weighted by atomic mass is 16.7. The van der Waals surface area contributed by atoms with Crippen molar-refractivity contribution < 1.29 is 42.9 Å². The molecule has 10 nitrogen and oxygen atoms in total. The van der Waals surface area contributed by atoms with Gasteiger partial charge in [-0.15, -0.1) is 0 Å². The molecule has 3 unspecified atom stereocenters. The third kappa shape index (κ3) is 11.1. The molecule has 0 heterocycles. The molecule has 0 saturated heterocycles. The summed E-state index contributed by atoms with van der Waals surface area (Å²) in [5, 5.41) is 0. The highest BCUT2D eigenvalue weighted by molar-refractivity contribution is 5.79. The lowest BCUT2D eigenvalue weighted by atomic mass is 10.0. The van der Waals surface area contributed by atoms with E-state index in [-0.39, 0.29) is 36.4 Å². The van der Waals surface area contributed by atoms with E-state index in [0.717, 1.165) is 12.8 Å². The molecule has 38 heavy (non-hydrogen) atoms. The fraction of sp³-hybridized carbons (Fsp3) is 0.643. The third-order valence-electron chi connectivity index (χ3n) is 5.94. The van der Waals surface area contributed by atoms with Crippen molar-refractivity contribution >= 4 is 24.1 Å². The van der Waals surface area contributed by atoms with Crippen LogP contribution < -0.4 is 15.2 Å². The van der Waals surface area contributed by atoms with E-state index in [9.17, 15) is 19.2 Å². The van der Waals surface area contributed by atoms with Crippen LogP contribution in [-0.4, -0.2) is 48.9 Å². The molecule has 1 aromatic rings. The molecule has 10 heteroatoms. The number of benzene rings is 1. The number of esters is 3.